The van der Waals surface area contributed by atoms with Gasteiger partial charge in [-0.25, -0.2) is 4.98 Å². The highest BCUT2D eigenvalue weighted by atomic mass is 16.5. The predicted molar refractivity (Wildman–Crippen MR) is 110 cm³/mol. The molecule has 158 valence electrons. The molecular weight excluding hydrogens is 382 g/mol. The molecule has 5 rings (SSSR count). The summed E-state index contributed by atoms with van der Waals surface area (Å²) in [4.78, 5) is 22.2. The summed E-state index contributed by atoms with van der Waals surface area (Å²) in [5.74, 6) is 1.71. The first-order valence-corrected chi connectivity index (χ1v) is 10.5. The summed E-state index contributed by atoms with van der Waals surface area (Å²) in [6, 6.07) is 1.71. The molecule has 9 heteroatoms. The van der Waals surface area contributed by atoms with Crippen LogP contribution in [0.1, 0.15) is 41.8 Å². The number of aryl methyl sites for hydroxylation is 2. The van der Waals surface area contributed by atoms with E-state index in [0.717, 1.165) is 49.6 Å². The number of rotatable bonds is 3. The van der Waals surface area contributed by atoms with E-state index in [2.05, 4.69) is 26.6 Å². The molecule has 0 radical (unpaired) electrons. The van der Waals surface area contributed by atoms with Crippen LogP contribution in [0.15, 0.2) is 29.2 Å². The maximum atomic E-state index is 12.8. The highest BCUT2D eigenvalue weighted by Crippen LogP contribution is 2.42. The second-order valence-corrected chi connectivity index (χ2v) is 8.25. The van der Waals surface area contributed by atoms with Crippen molar-refractivity contribution in [3.63, 3.8) is 0 Å². The third-order valence-corrected chi connectivity index (χ3v) is 6.58. The summed E-state index contributed by atoms with van der Waals surface area (Å²) in [7, 11) is 1.93. The fourth-order valence-electron chi connectivity index (χ4n) is 5.04. The molecule has 2 aliphatic rings. The van der Waals surface area contributed by atoms with Crippen molar-refractivity contribution in [2.24, 2.45) is 7.05 Å². The van der Waals surface area contributed by atoms with Gasteiger partial charge in [-0.2, -0.15) is 5.10 Å². The van der Waals surface area contributed by atoms with E-state index in [1.54, 1.807) is 13.0 Å². The molecule has 1 spiro atoms. The molecule has 2 aliphatic heterocycles. The minimum absolute atomic E-state index is 0.0556. The van der Waals surface area contributed by atoms with Gasteiger partial charge in [0.2, 0.25) is 0 Å². The van der Waals surface area contributed by atoms with Gasteiger partial charge in [0, 0.05) is 51.1 Å². The van der Waals surface area contributed by atoms with Crippen molar-refractivity contribution >= 4 is 5.91 Å². The lowest BCUT2D eigenvalue weighted by Crippen LogP contribution is -2.58. The van der Waals surface area contributed by atoms with E-state index < -0.39 is 0 Å². The standard InChI is InChI=1S/C21H27N7O2/c1-4-27-9-10-28-18(16-12-23-25(3)14-16)13-22-20(28)21(27)5-7-26(8-6-21)19(29)17-11-15(2)30-24-17/h11-14H,4-10H2,1-3H3. The van der Waals surface area contributed by atoms with E-state index in [1.165, 1.54) is 0 Å². The van der Waals surface area contributed by atoms with Gasteiger partial charge in [0.05, 0.1) is 23.6 Å². The smallest absolute Gasteiger partial charge is 0.276 e. The van der Waals surface area contributed by atoms with Gasteiger partial charge in [-0.1, -0.05) is 12.1 Å². The molecule has 5 heterocycles. The molecule has 0 atom stereocenters. The lowest BCUT2D eigenvalue weighted by Gasteiger charge is -2.50. The molecule has 0 aliphatic carbocycles. The van der Waals surface area contributed by atoms with Gasteiger partial charge in [-0.05, 0) is 26.3 Å². The number of fused-ring (bicyclic) bond motifs is 2. The highest BCUT2D eigenvalue weighted by molar-refractivity contribution is 5.92. The number of carbonyl (C=O) groups excluding carboxylic acids is 1. The normalized spacial score (nSPS) is 18.7. The van der Waals surface area contributed by atoms with Crippen LogP contribution in [-0.2, 0) is 19.1 Å². The van der Waals surface area contributed by atoms with Crippen LogP contribution in [0.4, 0.5) is 0 Å². The number of hydrogen-bond donors (Lipinski definition) is 0. The number of aromatic nitrogens is 5. The molecular formula is C21H27N7O2. The van der Waals surface area contributed by atoms with Crippen molar-refractivity contribution < 1.29 is 9.32 Å². The van der Waals surface area contributed by atoms with Crippen LogP contribution in [0.3, 0.4) is 0 Å². The Morgan fingerprint density at radius 3 is 2.63 bits per heavy atom. The lowest BCUT2D eigenvalue weighted by atomic mass is 9.83. The number of likely N-dealkylation sites (tertiary alicyclic amines) is 1. The molecule has 9 nitrogen and oxygen atoms in total. The van der Waals surface area contributed by atoms with E-state index >= 15 is 0 Å². The molecule has 0 aromatic carbocycles. The van der Waals surface area contributed by atoms with Crippen molar-refractivity contribution in [3.05, 3.63) is 41.9 Å². The topological polar surface area (TPSA) is 85.2 Å². The highest BCUT2D eigenvalue weighted by Gasteiger charge is 2.47. The van der Waals surface area contributed by atoms with Crippen LogP contribution in [0.2, 0.25) is 0 Å². The van der Waals surface area contributed by atoms with Gasteiger partial charge in [-0.3, -0.25) is 14.4 Å². The minimum Gasteiger partial charge on any atom is -0.361 e. The van der Waals surface area contributed by atoms with Crippen LogP contribution in [0.5, 0.6) is 0 Å². The minimum atomic E-state index is -0.149. The van der Waals surface area contributed by atoms with Crippen LogP contribution in [-0.4, -0.2) is 66.4 Å². The van der Waals surface area contributed by atoms with Crippen LogP contribution >= 0.6 is 0 Å². The molecule has 0 unspecified atom stereocenters. The largest absolute Gasteiger partial charge is 0.361 e. The first-order chi connectivity index (χ1) is 14.5. The van der Waals surface area contributed by atoms with Crippen molar-refractivity contribution in [1.82, 2.24) is 34.3 Å². The molecule has 1 amide bonds. The maximum Gasteiger partial charge on any atom is 0.276 e. The van der Waals surface area contributed by atoms with Crippen molar-refractivity contribution in [2.45, 2.75) is 38.8 Å². The Bertz CT molecular complexity index is 1070. The van der Waals surface area contributed by atoms with E-state index in [-0.39, 0.29) is 11.4 Å². The van der Waals surface area contributed by atoms with Gasteiger partial charge >= 0.3 is 0 Å². The zero-order valence-electron chi connectivity index (χ0n) is 17.7. The monoisotopic (exact) mass is 409 g/mol. The van der Waals surface area contributed by atoms with E-state index in [0.29, 0.717) is 24.5 Å². The lowest BCUT2D eigenvalue weighted by molar-refractivity contribution is -0.00337. The molecule has 1 saturated heterocycles. The maximum absolute atomic E-state index is 12.8. The Balaban J connectivity index is 1.44. The first-order valence-electron chi connectivity index (χ1n) is 10.5. The number of piperidine rings is 1. The molecule has 0 bridgehead atoms. The Morgan fingerprint density at radius 1 is 1.20 bits per heavy atom. The summed E-state index contributed by atoms with van der Waals surface area (Å²) in [6.07, 6.45) is 7.61. The second-order valence-electron chi connectivity index (χ2n) is 8.25. The number of carbonyl (C=O) groups is 1. The van der Waals surface area contributed by atoms with Gasteiger partial charge in [-0.15, -0.1) is 0 Å². The Hall–Kier alpha value is -2.94. The molecule has 3 aromatic heterocycles. The third kappa shape index (κ3) is 2.87. The van der Waals surface area contributed by atoms with E-state index in [1.807, 2.05) is 35.2 Å². The van der Waals surface area contributed by atoms with Gasteiger partial charge in [0.1, 0.15) is 11.6 Å². The third-order valence-electron chi connectivity index (χ3n) is 6.58. The van der Waals surface area contributed by atoms with Crippen LogP contribution in [0, 0.1) is 6.92 Å². The Kier molecular flexibility index (Phi) is 4.50. The fourth-order valence-corrected chi connectivity index (χ4v) is 5.04. The summed E-state index contributed by atoms with van der Waals surface area (Å²) in [5.41, 5.74) is 2.44. The molecule has 0 saturated carbocycles. The average Bonchev–Trinajstić information content (AvgIpc) is 3.48. The van der Waals surface area contributed by atoms with Crippen molar-refractivity contribution in [2.75, 3.05) is 26.2 Å². The Labute approximate surface area is 175 Å². The summed E-state index contributed by atoms with van der Waals surface area (Å²) < 4.78 is 9.26. The summed E-state index contributed by atoms with van der Waals surface area (Å²) >= 11 is 0. The Morgan fingerprint density at radius 2 is 2.00 bits per heavy atom. The van der Waals surface area contributed by atoms with E-state index in [9.17, 15) is 4.79 Å². The number of imidazole rings is 1. The summed E-state index contributed by atoms with van der Waals surface area (Å²) in [5, 5.41) is 8.22. The second kappa shape index (κ2) is 7.09. The molecule has 1 fully saturated rings. The zero-order chi connectivity index (χ0) is 20.9. The van der Waals surface area contributed by atoms with Gasteiger partial charge in [0.15, 0.2) is 5.69 Å². The quantitative estimate of drug-likeness (QED) is 0.658. The molecule has 30 heavy (non-hydrogen) atoms. The predicted octanol–water partition coefficient (Wildman–Crippen LogP) is 2.05. The van der Waals surface area contributed by atoms with Crippen molar-refractivity contribution in [3.8, 4) is 11.3 Å². The van der Waals surface area contributed by atoms with Crippen LogP contribution in [0.25, 0.3) is 11.3 Å². The van der Waals surface area contributed by atoms with Crippen molar-refractivity contribution in [1.29, 1.82) is 0 Å². The molecule has 0 N–H and O–H groups in total. The number of likely N-dealkylation sites (N-methyl/N-ethyl adjacent to an activating group) is 1. The van der Waals surface area contributed by atoms with Gasteiger partial charge in [0.25, 0.3) is 5.91 Å². The number of amides is 1. The van der Waals surface area contributed by atoms with E-state index in [4.69, 9.17) is 9.51 Å². The fraction of sp³-hybridized carbons (Fsp3) is 0.524. The average molecular weight is 409 g/mol. The molecule has 3 aromatic rings. The first kappa shape index (κ1) is 19.0. The zero-order valence-corrected chi connectivity index (χ0v) is 17.7. The number of nitrogens with zero attached hydrogens (tertiary/aromatic N) is 7. The van der Waals surface area contributed by atoms with Gasteiger partial charge < -0.3 is 14.0 Å². The number of hydrogen-bond acceptors (Lipinski definition) is 6. The SMILES string of the molecule is CCN1CCn2c(-c3cnn(C)c3)cnc2C12CCN(C(=O)c1cc(C)on1)CC2. The summed E-state index contributed by atoms with van der Waals surface area (Å²) in [6.45, 7) is 8.21. The van der Waals surface area contributed by atoms with Crippen LogP contribution < -0.4 is 0 Å².